The highest BCUT2D eigenvalue weighted by Gasteiger charge is 2.23. The molecule has 0 atom stereocenters. The Kier molecular flexibility index (Phi) is 4.92. The number of halogens is 2. The Labute approximate surface area is 108 Å². The zero-order valence-corrected chi connectivity index (χ0v) is 10.2. The van der Waals surface area contributed by atoms with Gasteiger partial charge in [0.1, 0.15) is 11.6 Å². The molecule has 0 N–H and O–H groups in total. The third-order valence-electron chi connectivity index (χ3n) is 1.94. The number of alkyl halides is 2. The number of benzene rings is 1. The normalized spacial score (nSPS) is 10.0. The molecule has 4 nitrogen and oxygen atoms in total. The molecule has 0 saturated heterocycles. The molecule has 7 heteroatoms. The van der Waals surface area contributed by atoms with Crippen molar-refractivity contribution >= 4 is 18.6 Å². The second-order valence-corrected chi connectivity index (χ2v) is 3.53. The maximum Gasteiger partial charge on any atom is 0.387 e. The summed E-state index contributed by atoms with van der Waals surface area (Å²) < 4.78 is 33.5. The van der Waals surface area contributed by atoms with Crippen LogP contribution in [0, 0.1) is 11.3 Å². The second kappa shape index (κ2) is 6.21. The van der Waals surface area contributed by atoms with Gasteiger partial charge in [0, 0.05) is 4.90 Å². The van der Waals surface area contributed by atoms with Crippen molar-refractivity contribution < 1.29 is 23.0 Å². The summed E-state index contributed by atoms with van der Waals surface area (Å²) in [4.78, 5) is 11.7. The van der Waals surface area contributed by atoms with E-state index in [9.17, 15) is 13.6 Å². The van der Waals surface area contributed by atoms with Gasteiger partial charge in [-0.2, -0.15) is 14.0 Å². The summed E-state index contributed by atoms with van der Waals surface area (Å²) >= 11 is 3.92. The Hall–Kier alpha value is -1.81. The Morgan fingerprint density at radius 3 is 2.72 bits per heavy atom. The summed E-state index contributed by atoms with van der Waals surface area (Å²) in [6.45, 7) is -1.52. The molecule has 1 rings (SSSR count). The molecule has 1 aromatic rings. The lowest BCUT2D eigenvalue weighted by molar-refractivity contribution is -0.0522. The van der Waals surface area contributed by atoms with E-state index in [1.807, 2.05) is 0 Å². The van der Waals surface area contributed by atoms with Crippen LogP contribution in [0.5, 0.6) is 5.75 Å². The molecule has 0 unspecified atom stereocenters. The minimum atomic E-state index is -3.13. The van der Waals surface area contributed by atoms with E-state index >= 15 is 0 Å². The van der Waals surface area contributed by atoms with Crippen molar-refractivity contribution in [2.45, 2.75) is 18.4 Å². The van der Waals surface area contributed by atoms with Gasteiger partial charge in [0.15, 0.2) is 5.75 Å². The molecule has 0 radical (unpaired) electrons. The molecule has 0 saturated carbocycles. The lowest BCUT2D eigenvalue weighted by Crippen LogP contribution is -2.13. The maximum absolute atomic E-state index is 12.3. The molecule has 18 heavy (non-hydrogen) atoms. The highest BCUT2D eigenvalue weighted by molar-refractivity contribution is 7.80. The van der Waals surface area contributed by atoms with Crippen molar-refractivity contribution in [3.05, 3.63) is 23.3 Å². The van der Waals surface area contributed by atoms with Gasteiger partial charge in [0.25, 0.3) is 0 Å². The molecule has 0 spiro atoms. The average Bonchev–Trinajstić information content (AvgIpc) is 2.31. The number of carbonyl (C=O) groups excluding carboxylic acids is 1. The number of thiol groups is 1. The number of rotatable bonds is 4. The van der Waals surface area contributed by atoms with Crippen LogP contribution in [0.25, 0.3) is 0 Å². The predicted molar refractivity (Wildman–Crippen MR) is 61.0 cm³/mol. The van der Waals surface area contributed by atoms with Crippen LogP contribution in [-0.2, 0) is 4.74 Å². The molecule has 0 heterocycles. The predicted octanol–water partition coefficient (Wildman–Crippen LogP) is 2.63. The molecule has 0 aliphatic carbocycles. The first-order valence-corrected chi connectivity index (χ1v) is 5.34. The van der Waals surface area contributed by atoms with Crippen molar-refractivity contribution in [1.82, 2.24) is 0 Å². The zero-order chi connectivity index (χ0) is 13.7. The number of esters is 1. The van der Waals surface area contributed by atoms with E-state index in [4.69, 9.17) is 10.00 Å². The number of nitriles is 1. The van der Waals surface area contributed by atoms with E-state index in [1.165, 1.54) is 12.1 Å². The Bertz CT molecular complexity index is 500. The van der Waals surface area contributed by atoms with Crippen LogP contribution >= 0.6 is 12.6 Å². The lowest BCUT2D eigenvalue weighted by Gasteiger charge is -2.13. The summed E-state index contributed by atoms with van der Waals surface area (Å²) in [5, 5.41) is 8.86. The van der Waals surface area contributed by atoms with Crippen LogP contribution in [-0.4, -0.2) is 19.2 Å². The number of carbonyl (C=O) groups is 1. The highest BCUT2D eigenvalue weighted by Crippen LogP contribution is 2.32. The zero-order valence-electron chi connectivity index (χ0n) is 9.31. The summed E-state index contributed by atoms with van der Waals surface area (Å²) in [5.74, 6) is -1.36. The Morgan fingerprint density at radius 2 is 2.22 bits per heavy atom. The van der Waals surface area contributed by atoms with Gasteiger partial charge in [-0.15, -0.1) is 12.6 Å². The van der Waals surface area contributed by atoms with Gasteiger partial charge < -0.3 is 9.47 Å². The van der Waals surface area contributed by atoms with Crippen molar-refractivity contribution in [1.29, 1.82) is 5.26 Å². The molecule has 0 aliphatic rings. The van der Waals surface area contributed by atoms with Gasteiger partial charge in [-0.1, -0.05) is 0 Å². The fourth-order valence-corrected chi connectivity index (χ4v) is 1.52. The van der Waals surface area contributed by atoms with Gasteiger partial charge in [0.05, 0.1) is 12.2 Å². The van der Waals surface area contributed by atoms with Crippen LogP contribution < -0.4 is 4.74 Å². The molecule has 1 aromatic carbocycles. The number of hydrogen-bond donors (Lipinski definition) is 1. The number of nitrogens with zero attached hydrogens (tertiary/aromatic N) is 1. The van der Waals surface area contributed by atoms with Crippen molar-refractivity contribution in [3.63, 3.8) is 0 Å². The van der Waals surface area contributed by atoms with Gasteiger partial charge in [0.2, 0.25) is 0 Å². The van der Waals surface area contributed by atoms with E-state index in [0.29, 0.717) is 0 Å². The maximum atomic E-state index is 12.3. The Morgan fingerprint density at radius 1 is 1.56 bits per heavy atom. The first-order chi connectivity index (χ1) is 8.51. The highest BCUT2D eigenvalue weighted by atomic mass is 32.1. The molecule has 0 bridgehead atoms. The quantitative estimate of drug-likeness (QED) is 0.676. The Balaban J connectivity index is 3.37. The lowest BCUT2D eigenvalue weighted by atomic mass is 10.1. The molecule has 0 fully saturated rings. The molecular formula is C11H9F2NO3S. The summed E-state index contributed by atoms with van der Waals surface area (Å²) in [5.41, 5.74) is -0.450. The van der Waals surface area contributed by atoms with E-state index in [0.717, 1.165) is 0 Å². The van der Waals surface area contributed by atoms with Gasteiger partial charge in [-0.25, -0.2) is 4.79 Å². The SMILES string of the molecule is CCOC(=O)c1c(C#N)ccc(S)c1OC(F)F. The van der Waals surface area contributed by atoms with Gasteiger partial charge >= 0.3 is 12.6 Å². The summed E-state index contributed by atoms with van der Waals surface area (Å²) in [6, 6.07) is 4.29. The monoisotopic (exact) mass is 273 g/mol. The van der Waals surface area contributed by atoms with Crippen LogP contribution in [0.4, 0.5) is 8.78 Å². The third kappa shape index (κ3) is 3.11. The molecule has 0 aliphatic heterocycles. The average molecular weight is 273 g/mol. The third-order valence-corrected chi connectivity index (χ3v) is 2.30. The molecule has 0 amide bonds. The van der Waals surface area contributed by atoms with Gasteiger partial charge in [-0.05, 0) is 19.1 Å². The van der Waals surface area contributed by atoms with E-state index in [1.54, 1.807) is 13.0 Å². The first kappa shape index (κ1) is 14.3. The van der Waals surface area contributed by atoms with Crippen LogP contribution in [0.2, 0.25) is 0 Å². The van der Waals surface area contributed by atoms with Gasteiger partial charge in [-0.3, -0.25) is 0 Å². The second-order valence-electron chi connectivity index (χ2n) is 3.05. The number of hydrogen-bond acceptors (Lipinski definition) is 5. The molecule has 0 aromatic heterocycles. The fraction of sp³-hybridized carbons (Fsp3) is 0.273. The van der Waals surface area contributed by atoms with Crippen molar-refractivity contribution in [2.24, 2.45) is 0 Å². The smallest absolute Gasteiger partial charge is 0.387 e. The van der Waals surface area contributed by atoms with Crippen molar-refractivity contribution in [3.8, 4) is 11.8 Å². The van der Waals surface area contributed by atoms with Crippen LogP contribution in [0.3, 0.4) is 0 Å². The minimum absolute atomic E-state index is 0.0253. The summed E-state index contributed by atoms with van der Waals surface area (Å²) in [7, 11) is 0. The minimum Gasteiger partial charge on any atom is -0.462 e. The number of ether oxygens (including phenoxy) is 2. The first-order valence-electron chi connectivity index (χ1n) is 4.89. The van der Waals surface area contributed by atoms with Crippen molar-refractivity contribution in [2.75, 3.05) is 6.61 Å². The van der Waals surface area contributed by atoms with E-state index in [-0.39, 0.29) is 22.6 Å². The summed E-state index contributed by atoms with van der Waals surface area (Å²) in [6.07, 6.45) is 0. The molecular weight excluding hydrogens is 264 g/mol. The largest absolute Gasteiger partial charge is 0.462 e. The standard InChI is InChI=1S/C11H9F2NO3S/c1-2-16-10(15)8-6(5-14)3-4-7(18)9(8)17-11(12)13/h3-4,11,18H,2H2,1H3. The molecule has 96 valence electrons. The fourth-order valence-electron chi connectivity index (χ4n) is 1.28. The topological polar surface area (TPSA) is 59.3 Å². The van der Waals surface area contributed by atoms with E-state index in [2.05, 4.69) is 17.4 Å². The van der Waals surface area contributed by atoms with Crippen LogP contribution in [0.15, 0.2) is 17.0 Å². The van der Waals surface area contributed by atoms with E-state index < -0.39 is 18.3 Å². The van der Waals surface area contributed by atoms with Crippen LogP contribution in [0.1, 0.15) is 22.8 Å².